The van der Waals surface area contributed by atoms with Gasteiger partial charge in [0.2, 0.25) is 0 Å². The van der Waals surface area contributed by atoms with Crippen molar-refractivity contribution in [1.82, 2.24) is 4.90 Å². The molecule has 7 heteroatoms. The van der Waals surface area contributed by atoms with Gasteiger partial charge in [0, 0.05) is 16.0 Å². The van der Waals surface area contributed by atoms with Crippen LogP contribution in [0, 0.1) is 0 Å². The first-order valence-corrected chi connectivity index (χ1v) is 9.16. The summed E-state index contributed by atoms with van der Waals surface area (Å²) in [5.74, 6) is 0.933. The van der Waals surface area contributed by atoms with Gasteiger partial charge in [-0.3, -0.25) is 4.79 Å². The van der Waals surface area contributed by atoms with Crippen molar-refractivity contribution < 1.29 is 13.9 Å². The molecular formula is C18H15Cl2NO3S. The van der Waals surface area contributed by atoms with Gasteiger partial charge in [-0.1, -0.05) is 29.3 Å². The normalized spacial score (nSPS) is 10.6. The fourth-order valence-corrected chi connectivity index (χ4v) is 3.29. The number of furan rings is 1. The zero-order valence-corrected chi connectivity index (χ0v) is 15.5. The number of carbonyl (C=O) groups is 1. The molecule has 4 nitrogen and oxygen atoms in total. The highest BCUT2D eigenvalue weighted by Gasteiger charge is 2.18. The van der Waals surface area contributed by atoms with Crippen molar-refractivity contribution in [2.24, 2.45) is 0 Å². The topological polar surface area (TPSA) is 42.7 Å². The van der Waals surface area contributed by atoms with Gasteiger partial charge in [0.1, 0.15) is 11.5 Å². The van der Waals surface area contributed by atoms with Crippen LogP contribution in [0.3, 0.4) is 0 Å². The number of nitrogens with zero attached hydrogens (tertiary/aromatic N) is 1. The Kier molecular flexibility index (Phi) is 6.02. The van der Waals surface area contributed by atoms with Crippen molar-refractivity contribution in [2.45, 2.75) is 13.1 Å². The van der Waals surface area contributed by atoms with Gasteiger partial charge >= 0.3 is 0 Å². The van der Waals surface area contributed by atoms with E-state index in [4.69, 9.17) is 32.4 Å². The minimum absolute atomic E-state index is 0.133. The maximum Gasteiger partial charge on any atom is 0.261 e. The van der Waals surface area contributed by atoms with Crippen LogP contribution in [0.25, 0.3) is 0 Å². The van der Waals surface area contributed by atoms with E-state index in [1.54, 1.807) is 46.8 Å². The Hall–Kier alpha value is -1.95. The summed E-state index contributed by atoms with van der Waals surface area (Å²) >= 11 is 13.6. The Morgan fingerprint density at radius 3 is 2.76 bits per heavy atom. The maximum absolute atomic E-state index is 12.7. The molecule has 2 heterocycles. The third-order valence-electron chi connectivity index (χ3n) is 3.45. The molecular weight excluding hydrogens is 381 g/mol. The predicted molar refractivity (Wildman–Crippen MR) is 99.2 cm³/mol. The zero-order chi connectivity index (χ0) is 17.6. The molecule has 0 aliphatic rings. The summed E-state index contributed by atoms with van der Waals surface area (Å²) in [6.07, 6.45) is 1.59. The molecule has 0 saturated heterocycles. The van der Waals surface area contributed by atoms with Crippen molar-refractivity contribution >= 4 is 40.4 Å². The highest BCUT2D eigenvalue weighted by Crippen LogP contribution is 2.27. The Balaban J connectivity index is 1.68. The quantitative estimate of drug-likeness (QED) is 0.548. The van der Waals surface area contributed by atoms with Gasteiger partial charge in [-0.15, -0.1) is 11.3 Å². The minimum Gasteiger partial charge on any atom is -0.482 e. The second-order valence-corrected chi connectivity index (χ2v) is 7.15. The smallest absolute Gasteiger partial charge is 0.261 e. The molecule has 0 atom stereocenters. The van der Waals surface area contributed by atoms with Crippen molar-refractivity contribution in [3.05, 3.63) is 74.8 Å². The average Bonchev–Trinajstić information content (AvgIpc) is 3.28. The lowest BCUT2D eigenvalue weighted by atomic mass is 10.3. The van der Waals surface area contributed by atoms with E-state index in [1.807, 2.05) is 23.6 Å². The van der Waals surface area contributed by atoms with E-state index in [-0.39, 0.29) is 12.5 Å². The van der Waals surface area contributed by atoms with Gasteiger partial charge in [-0.05, 0) is 35.7 Å². The molecule has 130 valence electrons. The van der Waals surface area contributed by atoms with Gasteiger partial charge < -0.3 is 14.1 Å². The SMILES string of the molecule is O=C(COc1cc(Cl)ccc1Cl)N(Cc1ccco1)Cc1cccs1. The van der Waals surface area contributed by atoms with Crippen LogP contribution in [-0.2, 0) is 17.9 Å². The Labute approximate surface area is 159 Å². The van der Waals surface area contributed by atoms with Gasteiger partial charge in [-0.2, -0.15) is 0 Å². The lowest BCUT2D eigenvalue weighted by Gasteiger charge is -2.21. The number of hydrogen-bond acceptors (Lipinski definition) is 4. The molecule has 1 amide bonds. The molecule has 0 N–H and O–H groups in total. The number of rotatable bonds is 7. The summed E-state index contributed by atoms with van der Waals surface area (Å²) in [4.78, 5) is 15.4. The van der Waals surface area contributed by atoms with Crippen LogP contribution in [0.15, 0.2) is 58.5 Å². The number of thiophene rings is 1. The summed E-state index contributed by atoms with van der Waals surface area (Å²) < 4.78 is 10.9. The molecule has 0 fully saturated rings. The van der Waals surface area contributed by atoms with E-state index in [0.29, 0.717) is 34.6 Å². The van der Waals surface area contributed by atoms with Crippen LogP contribution in [0.1, 0.15) is 10.6 Å². The van der Waals surface area contributed by atoms with Crippen molar-refractivity contribution in [1.29, 1.82) is 0 Å². The molecule has 0 aliphatic carbocycles. The molecule has 1 aromatic carbocycles. The molecule has 0 bridgehead atoms. The molecule has 3 aromatic rings. The summed E-state index contributed by atoms with van der Waals surface area (Å²) in [5.41, 5.74) is 0. The lowest BCUT2D eigenvalue weighted by Crippen LogP contribution is -2.33. The number of ether oxygens (including phenoxy) is 1. The second-order valence-electron chi connectivity index (χ2n) is 5.27. The van der Waals surface area contributed by atoms with Crippen LogP contribution >= 0.6 is 34.5 Å². The van der Waals surface area contributed by atoms with Crippen molar-refractivity contribution in [3.63, 3.8) is 0 Å². The predicted octanol–water partition coefficient (Wildman–Crippen LogP) is 5.26. The van der Waals surface area contributed by atoms with E-state index < -0.39 is 0 Å². The number of amides is 1. The number of halogens is 2. The molecule has 25 heavy (non-hydrogen) atoms. The van der Waals surface area contributed by atoms with Crippen LogP contribution in [0.2, 0.25) is 10.0 Å². The van der Waals surface area contributed by atoms with Gasteiger partial charge in [-0.25, -0.2) is 0 Å². The summed E-state index contributed by atoms with van der Waals surface area (Å²) in [6, 6.07) is 12.5. The largest absolute Gasteiger partial charge is 0.482 e. The highest BCUT2D eigenvalue weighted by molar-refractivity contribution is 7.09. The summed E-state index contributed by atoms with van der Waals surface area (Å²) in [7, 11) is 0. The van der Waals surface area contributed by atoms with E-state index in [2.05, 4.69) is 0 Å². The van der Waals surface area contributed by atoms with Crippen LogP contribution < -0.4 is 4.74 Å². The number of carbonyl (C=O) groups excluding carboxylic acids is 1. The van der Waals surface area contributed by atoms with Crippen LogP contribution in [0.4, 0.5) is 0 Å². The van der Waals surface area contributed by atoms with E-state index >= 15 is 0 Å². The first-order chi connectivity index (χ1) is 12.1. The van der Waals surface area contributed by atoms with Gasteiger partial charge in [0.15, 0.2) is 6.61 Å². The highest BCUT2D eigenvalue weighted by atomic mass is 35.5. The Bertz CT molecular complexity index is 783. The lowest BCUT2D eigenvalue weighted by molar-refractivity contribution is -0.134. The Morgan fingerprint density at radius 2 is 2.04 bits per heavy atom. The van der Waals surface area contributed by atoms with Crippen molar-refractivity contribution in [2.75, 3.05) is 6.61 Å². The first-order valence-electron chi connectivity index (χ1n) is 7.52. The first kappa shape index (κ1) is 17.9. The number of benzene rings is 1. The van der Waals surface area contributed by atoms with Gasteiger partial charge in [0.05, 0.1) is 24.4 Å². The van der Waals surface area contributed by atoms with Crippen molar-refractivity contribution in [3.8, 4) is 5.75 Å². The minimum atomic E-state index is -0.166. The molecule has 0 unspecified atom stereocenters. The molecule has 0 saturated carbocycles. The average molecular weight is 396 g/mol. The van der Waals surface area contributed by atoms with Crippen LogP contribution in [0.5, 0.6) is 5.75 Å². The van der Waals surface area contributed by atoms with Crippen LogP contribution in [-0.4, -0.2) is 17.4 Å². The molecule has 0 radical (unpaired) electrons. The molecule has 0 aliphatic heterocycles. The molecule has 0 spiro atoms. The monoisotopic (exact) mass is 395 g/mol. The zero-order valence-electron chi connectivity index (χ0n) is 13.2. The van der Waals surface area contributed by atoms with E-state index in [9.17, 15) is 4.79 Å². The summed E-state index contributed by atoms with van der Waals surface area (Å²) in [6.45, 7) is 0.729. The summed E-state index contributed by atoms with van der Waals surface area (Å²) in [5, 5.41) is 2.89. The molecule has 3 rings (SSSR count). The van der Waals surface area contributed by atoms with Gasteiger partial charge in [0.25, 0.3) is 5.91 Å². The number of hydrogen-bond donors (Lipinski definition) is 0. The fourth-order valence-electron chi connectivity index (χ4n) is 2.23. The standard InChI is InChI=1S/C18H15Cl2NO3S/c19-13-5-6-16(20)17(9-13)24-12-18(22)21(10-14-3-1-7-23-14)11-15-4-2-8-25-15/h1-9H,10-12H2. The van der Waals surface area contributed by atoms with E-state index in [1.165, 1.54) is 0 Å². The molecule has 2 aromatic heterocycles. The third kappa shape index (κ3) is 5.01. The van der Waals surface area contributed by atoms with E-state index in [0.717, 1.165) is 4.88 Å². The fraction of sp³-hybridized carbons (Fsp3) is 0.167. The second kappa shape index (κ2) is 8.43. The third-order valence-corrected chi connectivity index (χ3v) is 4.86. The maximum atomic E-state index is 12.7. The Morgan fingerprint density at radius 1 is 1.16 bits per heavy atom.